The monoisotopic (exact) mass is 399 g/mol. The van der Waals surface area contributed by atoms with Crippen LogP contribution in [0.3, 0.4) is 0 Å². The number of hydrogen-bond donors (Lipinski definition) is 0. The fraction of sp³-hybridized carbons (Fsp3) is 0.435. The second kappa shape index (κ2) is 8.22. The fourth-order valence-corrected chi connectivity index (χ4v) is 4.73. The Hall–Kier alpha value is -1.54. The SMILES string of the molecule is Fc1cc(-c2ccc(C3CCC(CC4CC4)CC3)cc2)cc(Cl)c1N=C=S. The van der Waals surface area contributed by atoms with E-state index < -0.39 is 5.82 Å². The minimum Gasteiger partial charge on any atom is -0.205 e. The van der Waals surface area contributed by atoms with Crippen LogP contribution in [0.5, 0.6) is 0 Å². The van der Waals surface area contributed by atoms with Gasteiger partial charge in [-0.25, -0.2) is 4.39 Å². The minimum absolute atomic E-state index is 0.0509. The average Bonchev–Trinajstić information content (AvgIpc) is 3.49. The van der Waals surface area contributed by atoms with E-state index in [-0.39, 0.29) is 10.7 Å². The molecule has 1 nitrogen and oxygen atoms in total. The third-order valence-corrected chi connectivity index (χ3v) is 6.48. The Morgan fingerprint density at radius 3 is 2.15 bits per heavy atom. The molecule has 2 saturated carbocycles. The van der Waals surface area contributed by atoms with Crippen molar-refractivity contribution in [2.24, 2.45) is 16.8 Å². The number of thiocarbonyl (C=S) groups is 1. The van der Waals surface area contributed by atoms with Crippen molar-refractivity contribution < 1.29 is 4.39 Å². The molecule has 0 saturated heterocycles. The van der Waals surface area contributed by atoms with Crippen LogP contribution in [0, 0.1) is 17.7 Å². The number of rotatable bonds is 5. The van der Waals surface area contributed by atoms with E-state index in [4.69, 9.17) is 11.6 Å². The first-order valence-corrected chi connectivity index (χ1v) is 10.6. The maximum absolute atomic E-state index is 14.2. The predicted molar refractivity (Wildman–Crippen MR) is 114 cm³/mol. The summed E-state index contributed by atoms with van der Waals surface area (Å²) in [6, 6.07) is 11.7. The molecular formula is C23H23ClFNS. The lowest BCUT2D eigenvalue weighted by atomic mass is 9.77. The Morgan fingerprint density at radius 1 is 0.963 bits per heavy atom. The highest BCUT2D eigenvalue weighted by atomic mass is 35.5. The zero-order chi connectivity index (χ0) is 18.8. The summed E-state index contributed by atoms with van der Waals surface area (Å²) in [7, 11) is 0. The highest BCUT2D eigenvalue weighted by Crippen LogP contribution is 2.43. The van der Waals surface area contributed by atoms with Gasteiger partial charge in [0.2, 0.25) is 0 Å². The number of hydrogen-bond acceptors (Lipinski definition) is 2. The quantitative estimate of drug-likeness (QED) is 0.367. The molecule has 0 spiro atoms. The van der Waals surface area contributed by atoms with Gasteiger partial charge < -0.3 is 0 Å². The van der Waals surface area contributed by atoms with Crippen molar-refractivity contribution in [1.29, 1.82) is 0 Å². The van der Waals surface area contributed by atoms with E-state index in [1.54, 1.807) is 6.07 Å². The van der Waals surface area contributed by atoms with Crippen molar-refractivity contribution in [2.45, 2.75) is 50.9 Å². The number of halogens is 2. The lowest BCUT2D eigenvalue weighted by Crippen LogP contribution is -2.13. The Bertz CT molecular complexity index is 837. The molecule has 0 radical (unpaired) electrons. The zero-order valence-electron chi connectivity index (χ0n) is 15.3. The van der Waals surface area contributed by atoms with E-state index in [1.807, 2.05) is 0 Å². The molecule has 2 fully saturated rings. The van der Waals surface area contributed by atoms with Gasteiger partial charge in [-0.3, -0.25) is 0 Å². The van der Waals surface area contributed by atoms with Gasteiger partial charge >= 0.3 is 0 Å². The number of nitrogens with zero attached hydrogens (tertiary/aromatic N) is 1. The summed E-state index contributed by atoms with van der Waals surface area (Å²) in [6.07, 6.45) is 9.71. The third-order valence-electron chi connectivity index (χ3n) is 6.10. The molecule has 0 aliphatic heterocycles. The topological polar surface area (TPSA) is 12.4 Å². The van der Waals surface area contributed by atoms with E-state index in [9.17, 15) is 4.39 Å². The molecule has 2 aromatic carbocycles. The molecule has 0 bridgehead atoms. The molecule has 0 amide bonds. The summed E-state index contributed by atoms with van der Waals surface area (Å²) in [4.78, 5) is 3.70. The van der Waals surface area contributed by atoms with Crippen LogP contribution in [-0.2, 0) is 0 Å². The zero-order valence-corrected chi connectivity index (χ0v) is 16.8. The van der Waals surface area contributed by atoms with Gasteiger partial charge in [0.05, 0.1) is 10.2 Å². The molecule has 4 rings (SSSR count). The Balaban J connectivity index is 1.45. The summed E-state index contributed by atoms with van der Waals surface area (Å²) in [5.41, 5.74) is 3.16. The largest absolute Gasteiger partial charge is 0.205 e. The molecule has 0 atom stereocenters. The molecule has 2 aliphatic rings. The number of isothiocyanates is 1. The van der Waals surface area contributed by atoms with Crippen LogP contribution >= 0.6 is 23.8 Å². The normalized spacial score (nSPS) is 22.3. The molecule has 0 unspecified atom stereocenters. The van der Waals surface area contributed by atoms with Crippen LogP contribution in [0.4, 0.5) is 10.1 Å². The van der Waals surface area contributed by atoms with Gasteiger partial charge in [0.25, 0.3) is 0 Å². The molecule has 140 valence electrons. The van der Waals surface area contributed by atoms with Crippen LogP contribution < -0.4 is 0 Å². The highest BCUT2D eigenvalue weighted by Gasteiger charge is 2.29. The molecule has 0 aromatic heterocycles. The maximum Gasteiger partial charge on any atom is 0.151 e. The van der Waals surface area contributed by atoms with E-state index in [0.717, 1.165) is 23.0 Å². The summed E-state index contributed by atoms with van der Waals surface area (Å²) in [6.45, 7) is 0. The first-order chi connectivity index (χ1) is 13.1. The molecule has 27 heavy (non-hydrogen) atoms. The Kier molecular flexibility index (Phi) is 5.73. The minimum atomic E-state index is -0.479. The molecule has 4 heteroatoms. The number of benzene rings is 2. The summed E-state index contributed by atoms with van der Waals surface area (Å²) in [5, 5.41) is 2.42. The molecule has 2 aliphatic carbocycles. The van der Waals surface area contributed by atoms with Crippen LogP contribution in [-0.4, -0.2) is 5.16 Å². The van der Waals surface area contributed by atoms with E-state index >= 15 is 0 Å². The van der Waals surface area contributed by atoms with Gasteiger partial charge in [-0.1, -0.05) is 48.7 Å². The van der Waals surface area contributed by atoms with Crippen LogP contribution in [0.25, 0.3) is 11.1 Å². The summed E-state index contributed by atoms with van der Waals surface area (Å²) in [5.74, 6) is 2.17. The van der Waals surface area contributed by atoms with E-state index in [0.29, 0.717) is 5.92 Å². The van der Waals surface area contributed by atoms with E-state index in [2.05, 4.69) is 46.6 Å². The van der Waals surface area contributed by atoms with Crippen LogP contribution in [0.2, 0.25) is 5.02 Å². The number of aliphatic imine (C=N–C) groups is 1. The first-order valence-electron chi connectivity index (χ1n) is 9.81. The summed E-state index contributed by atoms with van der Waals surface area (Å²) < 4.78 is 14.2. The van der Waals surface area contributed by atoms with Gasteiger partial charge in [0.15, 0.2) is 5.82 Å². The second-order valence-electron chi connectivity index (χ2n) is 8.01. The van der Waals surface area contributed by atoms with Crippen molar-refractivity contribution in [3.63, 3.8) is 0 Å². The molecule has 0 heterocycles. The highest BCUT2D eigenvalue weighted by molar-refractivity contribution is 7.78. The van der Waals surface area contributed by atoms with Crippen molar-refractivity contribution in [3.8, 4) is 11.1 Å². The second-order valence-corrected chi connectivity index (χ2v) is 8.60. The first kappa shape index (κ1) is 18.8. The molecular weight excluding hydrogens is 377 g/mol. The molecule has 0 N–H and O–H groups in total. The Morgan fingerprint density at radius 2 is 1.59 bits per heavy atom. The summed E-state index contributed by atoms with van der Waals surface area (Å²) >= 11 is 10.7. The predicted octanol–water partition coefficient (Wildman–Crippen LogP) is 7.95. The van der Waals surface area contributed by atoms with Crippen LogP contribution in [0.15, 0.2) is 41.4 Å². The van der Waals surface area contributed by atoms with Gasteiger partial charge in [-0.15, -0.1) is 0 Å². The van der Waals surface area contributed by atoms with Gasteiger partial charge in [-0.2, -0.15) is 4.99 Å². The lowest BCUT2D eigenvalue weighted by Gasteiger charge is -2.29. The van der Waals surface area contributed by atoms with Gasteiger partial charge in [-0.05, 0) is 90.9 Å². The van der Waals surface area contributed by atoms with Crippen LogP contribution in [0.1, 0.15) is 56.4 Å². The molecule has 2 aromatic rings. The van der Waals surface area contributed by atoms with Gasteiger partial charge in [0, 0.05) is 0 Å². The van der Waals surface area contributed by atoms with Crippen molar-refractivity contribution >= 4 is 34.7 Å². The Labute approximate surface area is 170 Å². The van der Waals surface area contributed by atoms with Crippen molar-refractivity contribution in [3.05, 3.63) is 52.8 Å². The van der Waals surface area contributed by atoms with Gasteiger partial charge in [0.1, 0.15) is 5.69 Å². The lowest BCUT2D eigenvalue weighted by molar-refractivity contribution is 0.299. The smallest absolute Gasteiger partial charge is 0.151 e. The maximum atomic E-state index is 14.2. The fourth-order valence-electron chi connectivity index (χ4n) is 4.39. The van der Waals surface area contributed by atoms with E-state index in [1.165, 1.54) is 56.6 Å². The van der Waals surface area contributed by atoms with Crippen molar-refractivity contribution in [2.75, 3.05) is 0 Å². The van der Waals surface area contributed by atoms with Crippen molar-refractivity contribution in [1.82, 2.24) is 0 Å². The standard InChI is InChI=1S/C23H23ClFNS/c24-21-12-20(13-22(25)23(21)26-14-27)19-9-7-18(8-10-19)17-5-3-16(4-6-17)11-15-1-2-15/h7-10,12-13,15-17H,1-6,11H2. The average molecular weight is 400 g/mol. The third kappa shape index (κ3) is 4.48.